The molecule has 0 aliphatic carbocycles. The van der Waals surface area contributed by atoms with E-state index in [2.05, 4.69) is 10.00 Å². The highest BCUT2D eigenvalue weighted by atomic mass is 19.4. The summed E-state index contributed by atoms with van der Waals surface area (Å²) in [5, 5.41) is 13.4. The van der Waals surface area contributed by atoms with Crippen molar-refractivity contribution in [2.24, 2.45) is 5.73 Å². The third-order valence-corrected chi connectivity index (χ3v) is 8.15. The van der Waals surface area contributed by atoms with Crippen molar-refractivity contribution in [2.75, 3.05) is 39.8 Å². The van der Waals surface area contributed by atoms with Crippen molar-refractivity contribution in [3.8, 4) is 5.69 Å². The lowest BCUT2D eigenvalue weighted by Gasteiger charge is -2.27. The summed E-state index contributed by atoms with van der Waals surface area (Å²) >= 11 is 0. The molecule has 0 saturated carbocycles. The number of aliphatic hydroxyl groups excluding tert-OH is 1. The van der Waals surface area contributed by atoms with E-state index in [0.29, 0.717) is 43.8 Å². The molecule has 3 rings (SSSR count). The van der Waals surface area contributed by atoms with E-state index in [0.717, 1.165) is 44.5 Å². The van der Waals surface area contributed by atoms with Gasteiger partial charge in [-0.1, -0.05) is 38.1 Å². The Balaban J connectivity index is 0.000000515. The van der Waals surface area contributed by atoms with Crippen LogP contribution < -0.4 is 5.73 Å². The van der Waals surface area contributed by atoms with Gasteiger partial charge in [-0.3, -0.25) is 19.3 Å². The van der Waals surface area contributed by atoms with Crippen molar-refractivity contribution in [2.45, 2.75) is 92.3 Å². The first-order chi connectivity index (χ1) is 23.2. The summed E-state index contributed by atoms with van der Waals surface area (Å²) in [6, 6.07) is 5.97. The van der Waals surface area contributed by atoms with Gasteiger partial charge >= 0.3 is 6.18 Å². The van der Waals surface area contributed by atoms with E-state index >= 15 is 0 Å². The molecular formula is C36H55F3N6O4. The predicted molar refractivity (Wildman–Crippen MR) is 187 cm³/mol. The van der Waals surface area contributed by atoms with Gasteiger partial charge in [0.1, 0.15) is 0 Å². The van der Waals surface area contributed by atoms with Gasteiger partial charge in [0.15, 0.2) is 5.69 Å². The second-order valence-corrected chi connectivity index (χ2v) is 11.6. The van der Waals surface area contributed by atoms with Crippen LogP contribution in [-0.2, 0) is 22.2 Å². The SMILES string of the molecule is C/C=C(\C)N(C=O)CCCc1c(C(F)(F)F)nn(-c2cccc(C(N)=O)c2)c1C.C/C=C\CN(C)C(=O)CN1CCCCC(O)CC1.CC. The number of hydrogen-bond donors (Lipinski definition) is 2. The molecule has 13 heteroatoms. The number of halogens is 3. The number of carbonyl (C=O) groups excluding carboxylic acids is 3. The molecule has 3 amide bonds. The summed E-state index contributed by atoms with van der Waals surface area (Å²) in [5.74, 6) is -0.524. The van der Waals surface area contributed by atoms with E-state index in [1.807, 2.05) is 40.0 Å². The normalized spacial score (nSPS) is 15.7. The molecule has 49 heavy (non-hydrogen) atoms. The third-order valence-electron chi connectivity index (χ3n) is 8.15. The molecular weight excluding hydrogens is 637 g/mol. The Morgan fingerprint density at radius 1 is 1.14 bits per heavy atom. The summed E-state index contributed by atoms with van der Waals surface area (Å²) in [5.41, 5.74) is 5.89. The maximum absolute atomic E-state index is 13.6. The number of nitrogens with zero attached hydrogens (tertiary/aromatic N) is 5. The molecule has 274 valence electrons. The highest BCUT2D eigenvalue weighted by Gasteiger charge is 2.38. The molecule has 0 spiro atoms. The molecule has 1 unspecified atom stereocenters. The van der Waals surface area contributed by atoms with E-state index in [1.165, 1.54) is 27.8 Å². The minimum atomic E-state index is -4.63. The molecule has 1 fully saturated rings. The number of alkyl halides is 3. The van der Waals surface area contributed by atoms with Crippen LogP contribution in [0.2, 0.25) is 0 Å². The topological polar surface area (TPSA) is 125 Å². The zero-order valence-electron chi connectivity index (χ0n) is 30.1. The summed E-state index contributed by atoms with van der Waals surface area (Å²) in [4.78, 5) is 39.9. The van der Waals surface area contributed by atoms with E-state index in [9.17, 15) is 32.7 Å². The number of aromatic nitrogens is 2. The van der Waals surface area contributed by atoms with E-state index in [4.69, 9.17) is 5.73 Å². The molecule has 10 nitrogen and oxygen atoms in total. The first-order valence-corrected chi connectivity index (χ1v) is 16.9. The van der Waals surface area contributed by atoms with Crippen LogP contribution in [0, 0.1) is 6.92 Å². The zero-order chi connectivity index (χ0) is 37.1. The first kappa shape index (κ1) is 43.1. The molecule has 1 aliphatic rings. The number of primary amides is 1. The van der Waals surface area contributed by atoms with Crippen molar-refractivity contribution < 1.29 is 32.7 Å². The van der Waals surface area contributed by atoms with Gasteiger partial charge in [0.05, 0.1) is 18.3 Å². The van der Waals surface area contributed by atoms with Crippen molar-refractivity contribution >= 4 is 18.2 Å². The fourth-order valence-electron chi connectivity index (χ4n) is 5.15. The van der Waals surface area contributed by atoms with Gasteiger partial charge < -0.3 is 20.6 Å². The molecule has 2 aromatic rings. The third kappa shape index (κ3) is 14.2. The number of hydrogen-bond acceptors (Lipinski definition) is 6. The average molecular weight is 693 g/mol. The van der Waals surface area contributed by atoms with Crippen LogP contribution in [0.1, 0.15) is 94.0 Å². The summed E-state index contributed by atoms with van der Waals surface area (Å²) in [6.45, 7) is 14.3. The smallest absolute Gasteiger partial charge is 0.393 e. The summed E-state index contributed by atoms with van der Waals surface area (Å²) in [6.07, 6.45) is 5.78. The first-order valence-electron chi connectivity index (χ1n) is 16.9. The Bertz CT molecular complexity index is 1390. The van der Waals surface area contributed by atoms with Gasteiger partial charge in [-0.2, -0.15) is 18.3 Å². The lowest BCUT2D eigenvalue weighted by atomic mass is 10.1. The fourth-order valence-corrected chi connectivity index (χ4v) is 5.15. The van der Waals surface area contributed by atoms with Crippen LogP contribution >= 0.6 is 0 Å². The molecule has 3 N–H and O–H groups in total. The maximum Gasteiger partial charge on any atom is 0.435 e. The number of likely N-dealkylation sites (N-methyl/N-ethyl adjacent to an activating group) is 1. The van der Waals surface area contributed by atoms with Crippen LogP contribution in [0.15, 0.2) is 48.2 Å². The Morgan fingerprint density at radius 2 is 1.84 bits per heavy atom. The number of benzene rings is 1. The van der Waals surface area contributed by atoms with Crippen LogP contribution in [0.5, 0.6) is 0 Å². The number of amides is 3. The molecule has 2 heterocycles. The molecule has 1 atom stereocenters. The standard InChI is InChI=1S/C20H23F3N4O2.C14H26N2O2.C2H6/c1-4-13(2)26(12-28)10-6-9-17-14(3)27(25-18(17)20(21,22)23)16-8-5-7-15(11-16)19(24)29;1-3-4-9-15(2)14(18)12-16-10-6-5-7-13(17)8-11-16;1-2/h4-5,7-8,11-12H,6,9-10H2,1-3H3,(H2,24,29);3-4,13,17H,5-12H2,1-2H3;1-2H3/b13-4+;4-3-;. The summed E-state index contributed by atoms with van der Waals surface area (Å²) < 4.78 is 41.9. The molecule has 1 aliphatic heterocycles. The minimum Gasteiger partial charge on any atom is -0.393 e. The van der Waals surface area contributed by atoms with Crippen LogP contribution in [0.3, 0.4) is 0 Å². The second-order valence-electron chi connectivity index (χ2n) is 11.6. The monoisotopic (exact) mass is 692 g/mol. The largest absolute Gasteiger partial charge is 0.435 e. The van der Waals surface area contributed by atoms with Gasteiger partial charge in [0.25, 0.3) is 0 Å². The second kappa shape index (κ2) is 21.9. The molecule has 1 aromatic heterocycles. The Morgan fingerprint density at radius 3 is 2.43 bits per heavy atom. The van der Waals surface area contributed by atoms with Gasteiger partial charge in [-0.15, -0.1) is 0 Å². The number of carbonyl (C=O) groups is 3. The molecule has 0 radical (unpaired) electrons. The molecule has 1 aromatic carbocycles. The number of rotatable bonds is 12. The number of likely N-dealkylation sites (tertiary alicyclic amines) is 1. The quantitative estimate of drug-likeness (QED) is 0.211. The minimum absolute atomic E-state index is 0.0611. The Hall–Kier alpha value is -3.97. The lowest BCUT2D eigenvalue weighted by molar-refractivity contribution is -0.142. The highest BCUT2D eigenvalue weighted by molar-refractivity contribution is 5.93. The van der Waals surface area contributed by atoms with Crippen LogP contribution in [0.4, 0.5) is 13.2 Å². The average Bonchev–Trinajstić information content (AvgIpc) is 3.42. The zero-order valence-corrected chi connectivity index (χ0v) is 30.1. The van der Waals surface area contributed by atoms with E-state index < -0.39 is 17.8 Å². The maximum atomic E-state index is 13.6. The van der Waals surface area contributed by atoms with Gasteiger partial charge in [0.2, 0.25) is 18.2 Å². The lowest BCUT2D eigenvalue weighted by Crippen LogP contribution is -2.40. The van der Waals surface area contributed by atoms with Gasteiger partial charge in [-0.25, -0.2) is 4.68 Å². The summed E-state index contributed by atoms with van der Waals surface area (Å²) in [7, 11) is 1.83. The van der Waals surface area contributed by atoms with Gasteiger partial charge in [-0.05, 0) is 91.0 Å². The van der Waals surface area contributed by atoms with Crippen molar-refractivity contribution in [1.29, 1.82) is 0 Å². The number of aliphatic hydroxyl groups is 1. The number of allylic oxidation sites excluding steroid dienone is 3. The van der Waals surface area contributed by atoms with Crippen LogP contribution in [0.25, 0.3) is 5.69 Å². The highest BCUT2D eigenvalue weighted by Crippen LogP contribution is 2.34. The van der Waals surface area contributed by atoms with E-state index in [1.54, 1.807) is 37.8 Å². The number of nitrogens with two attached hydrogens (primary N) is 1. The Labute approximate surface area is 289 Å². The molecule has 1 saturated heterocycles. The van der Waals surface area contributed by atoms with E-state index in [-0.39, 0.29) is 29.6 Å². The fraction of sp³-hybridized carbons (Fsp3) is 0.556. The Kier molecular flexibility index (Phi) is 19.2. The predicted octanol–water partition coefficient (Wildman–Crippen LogP) is 5.90. The van der Waals surface area contributed by atoms with Gasteiger partial charge in [0, 0.05) is 49.2 Å². The van der Waals surface area contributed by atoms with Crippen molar-refractivity contribution in [3.05, 3.63) is 70.7 Å². The van der Waals surface area contributed by atoms with Crippen LogP contribution in [-0.4, -0.2) is 93.7 Å². The van der Waals surface area contributed by atoms with Crippen molar-refractivity contribution in [3.63, 3.8) is 0 Å². The molecule has 0 bridgehead atoms. The van der Waals surface area contributed by atoms with Crippen molar-refractivity contribution in [1.82, 2.24) is 24.5 Å².